The molecule has 0 radical (unpaired) electrons. The number of aromatic nitrogens is 1. The summed E-state index contributed by atoms with van der Waals surface area (Å²) < 4.78 is 18.9. The average molecular weight is 352 g/mol. The molecule has 3 rings (SSSR count). The van der Waals surface area contributed by atoms with Gasteiger partial charge in [-0.2, -0.15) is 0 Å². The van der Waals surface area contributed by atoms with E-state index in [-0.39, 0.29) is 11.6 Å². The Balaban J connectivity index is 1.60. The molecule has 0 saturated carbocycles. The lowest BCUT2D eigenvalue weighted by Gasteiger charge is -2.16. The topological polar surface area (TPSA) is 58.4 Å². The van der Waals surface area contributed by atoms with Crippen molar-refractivity contribution < 1.29 is 13.7 Å². The number of carbonyl (C=O) groups is 1. The zero-order valence-electron chi connectivity index (χ0n) is 13.6. The van der Waals surface area contributed by atoms with Crippen LogP contribution in [0.3, 0.4) is 0 Å². The zero-order chi connectivity index (χ0) is 17.3. The van der Waals surface area contributed by atoms with Crippen LogP contribution >= 0.6 is 11.6 Å². The highest BCUT2D eigenvalue weighted by atomic mass is 35.5. The molecule has 1 saturated heterocycles. The van der Waals surface area contributed by atoms with Gasteiger partial charge in [0.15, 0.2) is 0 Å². The van der Waals surface area contributed by atoms with E-state index >= 15 is 0 Å². The summed E-state index contributed by atoms with van der Waals surface area (Å²) in [7, 11) is 0. The van der Waals surface area contributed by atoms with Crippen LogP contribution in [-0.4, -0.2) is 35.1 Å². The maximum Gasteiger partial charge on any atom is 0.254 e. The number of nitrogens with one attached hydrogen (secondary N) is 1. The van der Waals surface area contributed by atoms with Crippen molar-refractivity contribution in [3.8, 4) is 0 Å². The van der Waals surface area contributed by atoms with Gasteiger partial charge in [-0.25, -0.2) is 4.39 Å². The van der Waals surface area contributed by atoms with Crippen molar-refractivity contribution in [1.82, 2.24) is 15.4 Å². The first-order valence-electron chi connectivity index (χ1n) is 7.84. The number of aryl methyl sites for hydroxylation is 2. The Morgan fingerprint density at radius 1 is 1.50 bits per heavy atom. The minimum atomic E-state index is -0.567. The van der Waals surface area contributed by atoms with Gasteiger partial charge in [0.25, 0.3) is 5.91 Å². The summed E-state index contributed by atoms with van der Waals surface area (Å²) in [4.78, 5) is 14.5. The molecule has 2 heterocycles. The van der Waals surface area contributed by atoms with Gasteiger partial charge in [-0.15, -0.1) is 0 Å². The molecule has 1 N–H and O–H groups in total. The van der Waals surface area contributed by atoms with E-state index in [1.54, 1.807) is 0 Å². The van der Waals surface area contributed by atoms with Gasteiger partial charge in [0.05, 0.1) is 11.3 Å². The summed E-state index contributed by atoms with van der Waals surface area (Å²) in [6, 6.07) is 3.96. The van der Waals surface area contributed by atoms with Crippen molar-refractivity contribution >= 4 is 17.5 Å². The van der Waals surface area contributed by atoms with Gasteiger partial charge in [0.2, 0.25) is 0 Å². The monoisotopic (exact) mass is 351 g/mol. The van der Waals surface area contributed by atoms with E-state index in [0.29, 0.717) is 11.6 Å². The fourth-order valence-electron chi connectivity index (χ4n) is 2.98. The van der Waals surface area contributed by atoms with Crippen molar-refractivity contribution in [2.24, 2.45) is 0 Å². The van der Waals surface area contributed by atoms with Gasteiger partial charge in [-0.05, 0) is 38.5 Å². The van der Waals surface area contributed by atoms with Crippen molar-refractivity contribution in [1.29, 1.82) is 0 Å². The third-order valence-electron chi connectivity index (χ3n) is 4.34. The number of amides is 1. The fraction of sp³-hybridized carbons (Fsp3) is 0.412. The fourth-order valence-corrected chi connectivity index (χ4v) is 3.15. The summed E-state index contributed by atoms with van der Waals surface area (Å²) in [5, 5.41) is 7.18. The molecule has 1 atom stereocenters. The van der Waals surface area contributed by atoms with Crippen molar-refractivity contribution in [2.75, 3.05) is 13.1 Å². The van der Waals surface area contributed by atoms with Crippen LogP contribution in [0.15, 0.2) is 22.7 Å². The van der Waals surface area contributed by atoms with Crippen LogP contribution in [0, 0.1) is 19.7 Å². The van der Waals surface area contributed by atoms with Crippen molar-refractivity contribution in [2.45, 2.75) is 32.9 Å². The van der Waals surface area contributed by atoms with Gasteiger partial charge in [0.1, 0.15) is 11.6 Å². The van der Waals surface area contributed by atoms with Crippen LogP contribution < -0.4 is 5.32 Å². The van der Waals surface area contributed by atoms with E-state index in [9.17, 15) is 9.18 Å². The van der Waals surface area contributed by atoms with Crippen LogP contribution in [0.5, 0.6) is 0 Å². The average Bonchev–Trinajstić information content (AvgIpc) is 3.11. The number of carbonyl (C=O) groups excluding carboxylic acids is 1. The van der Waals surface area contributed by atoms with Crippen LogP contribution in [0.1, 0.15) is 33.8 Å². The Labute approximate surface area is 144 Å². The largest absolute Gasteiger partial charge is 0.361 e. The quantitative estimate of drug-likeness (QED) is 0.919. The molecule has 1 amide bonds. The predicted octanol–water partition coefficient (Wildman–Crippen LogP) is 3.09. The Kier molecular flexibility index (Phi) is 4.87. The normalized spacial score (nSPS) is 18.1. The zero-order valence-corrected chi connectivity index (χ0v) is 14.4. The van der Waals surface area contributed by atoms with Crippen LogP contribution in [0.4, 0.5) is 4.39 Å². The number of rotatable bonds is 4. The molecule has 1 aliphatic rings. The van der Waals surface area contributed by atoms with Crippen LogP contribution in [0.25, 0.3) is 0 Å². The van der Waals surface area contributed by atoms with Crippen LogP contribution in [0.2, 0.25) is 5.02 Å². The number of halogens is 2. The summed E-state index contributed by atoms with van der Waals surface area (Å²) in [5.41, 5.74) is 1.95. The molecule has 0 bridgehead atoms. The molecule has 128 valence electrons. The SMILES string of the molecule is Cc1noc(C)c1CN1CCC(NC(=O)c2cc(Cl)ccc2F)C1. The Hall–Kier alpha value is -1.92. The molecule has 0 spiro atoms. The summed E-state index contributed by atoms with van der Waals surface area (Å²) in [5.74, 6) is -0.178. The molecule has 1 fully saturated rings. The van der Waals surface area contributed by atoms with E-state index in [1.165, 1.54) is 18.2 Å². The van der Waals surface area contributed by atoms with Crippen LogP contribution in [-0.2, 0) is 6.54 Å². The molecular weight excluding hydrogens is 333 g/mol. The van der Waals surface area contributed by atoms with Gasteiger partial charge in [-0.3, -0.25) is 9.69 Å². The number of hydrogen-bond donors (Lipinski definition) is 1. The van der Waals surface area contributed by atoms with E-state index in [0.717, 1.165) is 36.5 Å². The lowest BCUT2D eigenvalue weighted by atomic mass is 10.1. The first-order chi connectivity index (χ1) is 11.4. The number of benzene rings is 1. The molecule has 2 aromatic rings. The summed E-state index contributed by atoms with van der Waals surface area (Å²) in [6.07, 6.45) is 0.817. The Morgan fingerprint density at radius 3 is 3.00 bits per heavy atom. The highest BCUT2D eigenvalue weighted by Crippen LogP contribution is 2.20. The molecule has 0 aliphatic carbocycles. The maximum atomic E-state index is 13.8. The minimum absolute atomic E-state index is 0.0173. The second-order valence-corrected chi connectivity index (χ2v) is 6.56. The van der Waals surface area contributed by atoms with E-state index in [2.05, 4.69) is 15.4 Å². The van der Waals surface area contributed by atoms with E-state index in [4.69, 9.17) is 16.1 Å². The highest BCUT2D eigenvalue weighted by Gasteiger charge is 2.26. The summed E-state index contributed by atoms with van der Waals surface area (Å²) in [6.45, 7) is 6.11. The molecule has 7 heteroatoms. The molecule has 1 aromatic carbocycles. The third kappa shape index (κ3) is 3.60. The molecule has 1 aliphatic heterocycles. The van der Waals surface area contributed by atoms with Gasteiger partial charge in [-0.1, -0.05) is 16.8 Å². The number of hydrogen-bond acceptors (Lipinski definition) is 4. The molecule has 24 heavy (non-hydrogen) atoms. The van der Waals surface area contributed by atoms with Gasteiger partial charge < -0.3 is 9.84 Å². The molecular formula is C17H19ClFN3O2. The maximum absolute atomic E-state index is 13.8. The predicted molar refractivity (Wildman–Crippen MR) is 88.5 cm³/mol. The first kappa shape index (κ1) is 16.9. The molecule has 5 nitrogen and oxygen atoms in total. The summed E-state index contributed by atoms with van der Waals surface area (Å²) >= 11 is 5.84. The smallest absolute Gasteiger partial charge is 0.254 e. The Bertz CT molecular complexity index is 743. The second-order valence-electron chi connectivity index (χ2n) is 6.12. The third-order valence-corrected chi connectivity index (χ3v) is 4.58. The highest BCUT2D eigenvalue weighted by molar-refractivity contribution is 6.31. The van der Waals surface area contributed by atoms with E-state index < -0.39 is 11.7 Å². The van der Waals surface area contributed by atoms with Gasteiger partial charge in [0, 0.05) is 36.3 Å². The van der Waals surface area contributed by atoms with Gasteiger partial charge >= 0.3 is 0 Å². The Morgan fingerprint density at radius 2 is 2.29 bits per heavy atom. The molecule has 1 aromatic heterocycles. The first-order valence-corrected chi connectivity index (χ1v) is 8.22. The number of likely N-dealkylation sites (tertiary alicyclic amines) is 1. The number of nitrogens with zero attached hydrogens (tertiary/aromatic N) is 2. The second kappa shape index (κ2) is 6.91. The van der Waals surface area contributed by atoms with Crippen molar-refractivity contribution in [3.63, 3.8) is 0 Å². The standard InChI is InChI=1S/C17H19ClFN3O2/c1-10-15(11(2)24-21-10)9-22-6-5-13(8-22)20-17(23)14-7-12(18)3-4-16(14)19/h3-4,7,13H,5-6,8-9H2,1-2H3,(H,20,23). The van der Waals surface area contributed by atoms with Crippen molar-refractivity contribution in [3.05, 3.63) is 51.6 Å². The molecule has 1 unspecified atom stereocenters. The lowest BCUT2D eigenvalue weighted by Crippen LogP contribution is -2.37. The lowest BCUT2D eigenvalue weighted by molar-refractivity contribution is 0.0933. The van der Waals surface area contributed by atoms with E-state index in [1.807, 2.05) is 13.8 Å². The minimum Gasteiger partial charge on any atom is -0.361 e.